The van der Waals surface area contributed by atoms with Gasteiger partial charge in [-0.05, 0) is 39.3 Å². The van der Waals surface area contributed by atoms with Gasteiger partial charge in [-0.1, -0.05) is 19.3 Å². The molecular formula is C14H29N3. The largest absolute Gasteiger partial charge is 0.330 e. The molecule has 1 heterocycles. The summed E-state index contributed by atoms with van der Waals surface area (Å²) in [6.07, 6.45) is 6.92. The lowest BCUT2D eigenvalue weighted by Crippen LogP contribution is -2.56. The first-order valence-electron chi connectivity index (χ1n) is 7.36. The predicted octanol–water partition coefficient (Wildman–Crippen LogP) is 1.53. The minimum Gasteiger partial charge on any atom is -0.330 e. The third-order valence-electron chi connectivity index (χ3n) is 4.73. The Morgan fingerprint density at radius 1 is 1.12 bits per heavy atom. The van der Waals surface area contributed by atoms with Crippen LogP contribution in [0.15, 0.2) is 0 Å². The Labute approximate surface area is 106 Å². The average Bonchev–Trinajstić information content (AvgIpc) is 2.54. The van der Waals surface area contributed by atoms with Gasteiger partial charge in [0.05, 0.1) is 0 Å². The molecule has 0 aromatic heterocycles. The molecule has 3 unspecified atom stereocenters. The highest BCUT2D eigenvalue weighted by Crippen LogP contribution is 2.29. The van der Waals surface area contributed by atoms with Gasteiger partial charge >= 0.3 is 0 Å². The molecule has 0 radical (unpaired) electrons. The van der Waals surface area contributed by atoms with Gasteiger partial charge in [0.2, 0.25) is 0 Å². The average molecular weight is 239 g/mol. The van der Waals surface area contributed by atoms with E-state index in [1.165, 1.54) is 51.7 Å². The molecule has 0 amide bonds. The molecule has 2 N–H and O–H groups in total. The minimum absolute atomic E-state index is 0.700. The minimum atomic E-state index is 0.700. The number of piperazine rings is 1. The van der Waals surface area contributed by atoms with E-state index in [1.807, 2.05) is 0 Å². The van der Waals surface area contributed by atoms with Crippen LogP contribution in [0.3, 0.4) is 0 Å². The Morgan fingerprint density at radius 3 is 2.59 bits per heavy atom. The van der Waals surface area contributed by atoms with Crippen molar-refractivity contribution in [3.8, 4) is 0 Å². The number of nitrogens with zero attached hydrogens (tertiary/aromatic N) is 2. The molecule has 17 heavy (non-hydrogen) atoms. The summed E-state index contributed by atoms with van der Waals surface area (Å²) in [4.78, 5) is 5.21. The van der Waals surface area contributed by atoms with Crippen LogP contribution in [0.2, 0.25) is 0 Å². The highest BCUT2D eigenvalue weighted by atomic mass is 15.3. The fourth-order valence-electron chi connectivity index (χ4n) is 3.72. The molecule has 2 fully saturated rings. The first-order valence-corrected chi connectivity index (χ1v) is 7.36. The standard InChI is InChI=1S/C14H29N3/c1-12-11-16(2)8-9-17(12)14-7-5-3-4-6-13(14)10-15/h12-14H,3-11,15H2,1-2H3. The van der Waals surface area contributed by atoms with Gasteiger partial charge in [-0.25, -0.2) is 0 Å². The van der Waals surface area contributed by atoms with Crippen LogP contribution < -0.4 is 5.73 Å². The van der Waals surface area contributed by atoms with Crippen LogP contribution in [0.1, 0.15) is 39.0 Å². The van der Waals surface area contributed by atoms with Gasteiger partial charge in [0, 0.05) is 31.7 Å². The van der Waals surface area contributed by atoms with E-state index in [4.69, 9.17) is 5.73 Å². The number of nitrogens with two attached hydrogens (primary N) is 1. The fourth-order valence-corrected chi connectivity index (χ4v) is 3.72. The van der Waals surface area contributed by atoms with Crippen molar-refractivity contribution in [3.63, 3.8) is 0 Å². The van der Waals surface area contributed by atoms with Crippen LogP contribution in [0.5, 0.6) is 0 Å². The predicted molar refractivity (Wildman–Crippen MR) is 73.1 cm³/mol. The maximum atomic E-state index is 6.01. The van der Waals surface area contributed by atoms with E-state index >= 15 is 0 Å². The molecule has 2 rings (SSSR count). The Morgan fingerprint density at radius 2 is 1.88 bits per heavy atom. The molecule has 100 valence electrons. The van der Waals surface area contributed by atoms with E-state index in [9.17, 15) is 0 Å². The van der Waals surface area contributed by atoms with Crippen LogP contribution in [0.4, 0.5) is 0 Å². The van der Waals surface area contributed by atoms with Crippen molar-refractivity contribution in [1.82, 2.24) is 9.80 Å². The van der Waals surface area contributed by atoms with E-state index in [0.717, 1.165) is 18.5 Å². The maximum Gasteiger partial charge on any atom is 0.0198 e. The molecule has 1 aliphatic heterocycles. The van der Waals surface area contributed by atoms with E-state index in [2.05, 4.69) is 23.8 Å². The maximum absolute atomic E-state index is 6.01. The van der Waals surface area contributed by atoms with Crippen LogP contribution in [0.25, 0.3) is 0 Å². The lowest BCUT2D eigenvalue weighted by atomic mass is 9.91. The second-order valence-electron chi connectivity index (χ2n) is 6.05. The Hall–Kier alpha value is -0.120. The monoisotopic (exact) mass is 239 g/mol. The summed E-state index contributed by atoms with van der Waals surface area (Å²) in [7, 11) is 2.24. The van der Waals surface area contributed by atoms with Crippen molar-refractivity contribution >= 4 is 0 Å². The number of rotatable bonds is 2. The highest BCUT2D eigenvalue weighted by Gasteiger charge is 2.33. The van der Waals surface area contributed by atoms with Crippen LogP contribution in [-0.2, 0) is 0 Å². The summed E-state index contributed by atoms with van der Waals surface area (Å²) in [6, 6.07) is 1.46. The smallest absolute Gasteiger partial charge is 0.0198 e. The third-order valence-corrected chi connectivity index (χ3v) is 4.73. The molecule has 3 nitrogen and oxygen atoms in total. The van der Waals surface area contributed by atoms with Gasteiger partial charge < -0.3 is 10.6 Å². The first kappa shape index (κ1) is 13.3. The van der Waals surface area contributed by atoms with Crippen molar-refractivity contribution in [1.29, 1.82) is 0 Å². The summed E-state index contributed by atoms with van der Waals surface area (Å²) in [5, 5.41) is 0. The van der Waals surface area contributed by atoms with Crippen molar-refractivity contribution in [2.24, 2.45) is 11.7 Å². The summed E-state index contributed by atoms with van der Waals surface area (Å²) in [5.74, 6) is 0.739. The van der Waals surface area contributed by atoms with Gasteiger partial charge in [-0.3, -0.25) is 4.90 Å². The molecule has 0 aromatic carbocycles. The van der Waals surface area contributed by atoms with E-state index in [-0.39, 0.29) is 0 Å². The van der Waals surface area contributed by atoms with Crippen LogP contribution >= 0.6 is 0 Å². The summed E-state index contributed by atoms with van der Waals surface area (Å²) in [5.41, 5.74) is 6.01. The van der Waals surface area contributed by atoms with Gasteiger partial charge in [-0.2, -0.15) is 0 Å². The van der Waals surface area contributed by atoms with E-state index < -0.39 is 0 Å². The zero-order valence-electron chi connectivity index (χ0n) is 11.6. The summed E-state index contributed by atoms with van der Waals surface area (Å²) in [6.45, 7) is 6.93. The number of hydrogen-bond acceptors (Lipinski definition) is 3. The Kier molecular flexibility index (Phi) is 4.83. The topological polar surface area (TPSA) is 32.5 Å². The van der Waals surface area contributed by atoms with Gasteiger partial charge in [0.1, 0.15) is 0 Å². The van der Waals surface area contributed by atoms with Gasteiger partial charge in [-0.15, -0.1) is 0 Å². The molecule has 1 saturated carbocycles. The molecule has 1 aliphatic carbocycles. The van der Waals surface area contributed by atoms with E-state index in [1.54, 1.807) is 0 Å². The van der Waals surface area contributed by atoms with Gasteiger partial charge in [0.15, 0.2) is 0 Å². The second kappa shape index (κ2) is 6.17. The van der Waals surface area contributed by atoms with Crippen LogP contribution in [0, 0.1) is 5.92 Å². The molecule has 1 saturated heterocycles. The number of hydrogen-bond donors (Lipinski definition) is 1. The lowest BCUT2D eigenvalue weighted by molar-refractivity contribution is 0.0343. The van der Waals surface area contributed by atoms with Crippen molar-refractivity contribution in [3.05, 3.63) is 0 Å². The summed E-state index contributed by atoms with van der Waals surface area (Å²) < 4.78 is 0. The fraction of sp³-hybridized carbons (Fsp3) is 1.00. The van der Waals surface area contributed by atoms with Crippen molar-refractivity contribution in [2.75, 3.05) is 33.2 Å². The quantitative estimate of drug-likeness (QED) is 0.742. The highest BCUT2D eigenvalue weighted by molar-refractivity contribution is 4.88. The van der Waals surface area contributed by atoms with E-state index in [0.29, 0.717) is 6.04 Å². The normalized spacial score (nSPS) is 37.9. The molecular weight excluding hydrogens is 210 g/mol. The molecule has 0 spiro atoms. The zero-order valence-corrected chi connectivity index (χ0v) is 11.6. The molecule has 0 aromatic rings. The molecule has 3 atom stereocenters. The molecule has 3 heteroatoms. The molecule has 0 bridgehead atoms. The second-order valence-corrected chi connectivity index (χ2v) is 6.05. The Bertz CT molecular complexity index is 232. The molecule has 2 aliphatic rings. The zero-order chi connectivity index (χ0) is 12.3. The first-order chi connectivity index (χ1) is 8.22. The summed E-state index contributed by atoms with van der Waals surface area (Å²) >= 11 is 0. The Balaban J connectivity index is 2.02. The third kappa shape index (κ3) is 3.21. The lowest BCUT2D eigenvalue weighted by Gasteiger charge is -2.45. The van der Waals surface area contributed by atoms with Crippen molar-refractivity contribution < 1.29 is 0 Å². The SMILES string of the molecule is CC1CN(C)CCN1C1CCCCCC1CN. The van der Waals surface area contributed by atoms with Gasteiger partial charge in [0.25, 0.3) is 0 Å². The number of likely N-dealkylation sites (N-methyl/N-ethyl adjacent to an activating group) is 1. The van der Waals surface area contributed by atoms with Crippen molar-refractivity contribution in [2.45, 2.75) is 51.1 Å². The van der Waals surface area contributed by atoms with Crippen LogP contribution in [-0.4, -0.2) is 55.1 Å².